The van der Waals surface area contributed by atoms with E-state index in [-0.39, 0.29) is 11.9 Å². The van der Waals surface area contributed by atoms with Gasteiger partial charge in [-0.25, -0.2) is 4.79 Å². The summed E-state index contributed by atoms with van der Waals surface area (Å²) in [6.45, 7) is 7.00. The molecule has 0 aromatic carbocycles. The molecule has 0 radical (unpaired) electrons. The van der Waals surface area contributed by atoms with Crippen LogP contribution < -0.4 is 10.6 Å². The summed E-state index contributed by atoms with van der Waals surface area (Å²) in [5, 5.41) is 6.51. The molecule has 5 aliphatic rings. The van der Waals surface area contributed by atoms with E-state index in [0.29, 0.717) is 24.5 Å². The summed E-state index contributed by atoms with van der Waals surface area (Å²) in [4.78, 5) is 25.7. The van der Waals surface area contributed by atoms with Gasteiger partial charge in [-0.3, -0.25) is 9.69 Å². The van der Waals surface area contributed by atoms with Crippen LogP contribution in [0, 0.1) is 23.2 Å². The van der Waals surface area contributed by atoms with Gasteiger partial charge in [-0.2, -0.15) is 0 Å². The van der Waals surface area contributed by atoms with E-state index in [1.165, 1.54) is 43.4 Å². The summed E-state index contributed by atoms with van der Waals surface area (Å²) < 4.78 is 0. The zero-order valence-corrected chi connectivity index (χ0v) is 15.9. The normalized spacial score (nSPS) is 39.8. The maximum atomic E-state index is 12.3. The molecule has 1 aliphatic heterocycles. The molecule has 1 heterocycles. The van der Waals surface area contributed by atoms with Crippen LogP contribution in [0.1, 0.15) is 65.7 Å². The average molecular weight is 348 g/mol. The first kappa shape index (κ1) is 17.3. The Bertz CT molecular complexity index is 536. The van der Waals surface area contributed by atoms with E-state index in [0.717, 1.165) is 24.2 Å². The van der Waals surface area contributed by atoms with Crippen molar-refractivity contribution in [3.63, 3.8) is 0 Å². The SMILES string of the molecule is CCC(NCCN1C(=O)NC(C)(C)C1=O)C12CC3CC(CC(C3)C1)C2. The molecule has 0 spiro atoms. The Morgan fingerprint density at radius 2 is 1.68 bits per heavy atom. The lowest BCUT2D eigenvalue weighted by atomic mass is 9.47. The molecule has 5 heteroatoms. The number of imide groups is 1. The fourth-order valence-electron chi connectivity index (χ4n) is 6.77. The Hall–Kier alpha value is -1.10. The first-order valence-electron chi connectivity index (χ1n) is 10.2. The molecule has 1 saturated heterocycles. The van der Waals surface area contributed by atoms with Crippen molar-refractivity contribution in [2.24, 2.45) is 23.2 Å². The quantitative estimate of drug-likeness (QED) is 0.726. The van der Waals surface area contributed by atoms with Crippen LogP contribution in [0.4, 0.5) is 4.79 Å². The molecule has 3 amide bonds. The van der Waals surface area contributed by atoms with Crippen LogP contribution in [0.15, 0.2) is 0 Å². The van der Waals surface area contributed by atoms with Crippen molar-refractivity contribution in [1.82, 2.24) is 15.5 Å². The van der Waals surface area contributed by atoms with Gasteiger partial charge in [-0.05, 0) is 82.0 Å². The number of amides is 3. The zero-order valence-electron chi connectivity index (χ0n) is 15.9. The van der Waals surface area contributed by atoms with E-state index in [4.69, 9.17) is 0 Å². The van der Waals surface area contributed by atoms with Crippen LogP contribution in [-0.4, -0.2) is 41.5 Å². The number of carbonyl (C=O) groups is 2. The van der Waals surface area contributed by atoms with Crippen LogP contribution in [0.3, 0.4) is 0 Å². The fraction of sp³-hybridized carbons (Fsp3) is 0.900. The predicted octanol–water partition coefficient (Wildman–Crippen LogP) is 2.90. The lowest BCUT2D eigenvalue weighted by molar-refractivity contribution is -0.130. The second kappa shape index (κ2) is 5.97. The van der Waals surface area contributed by atoms with Gasteiger partial charge in [0.25, 0.3) is 5.91 Å². The van der Waals surface area contributed by atoms with Gasteiger partial charge in [0.05, 0.1) is 0 Å². The predicted molar refractivity (Wildman–Crippen MR) is 97.0 cm³/mol. The fourth-order valence-corrected chi connectivity index (χ4v) is 6.77. The second-order valence-corrected chi connectivity index (χ2v) is 9.71. The minimum absolute atomic E-state index is 0.109. The summed E-state index contributed by atoms with van der Waals surface area (Å²) in [6.07, 6.45) is 9.70. The van der Waals surface area contributed by atoms with Gasteiger partial charge in [0, 0.05) is 19.1 Å². The third-order valence-corrected chi connectivity index (χ3v) is 7.40. The van der Waals surface area contributed by atoms with Gasteiger partial charge in [-0.15, -0.1) is 0 Å². The number of carbonyl (C=O) groups excluding carboxylic acids is 2. The molecule has 25 heavy (non-hydrogen) atoms. The molecule has 140 valence electrons. The largest absolute Gasteiger partial charge is 0.325 e. The number of hydrogen-bond donors (Lipinski definition) is 2. The molecule has 4 saturated carbocycles. The lowest BCUT2D eigenvalue weighted by Crippen LogP contribution is -2.56. The van der Waals surface area contributed by atoms with E-state index in [2.05, 4.69) is 17.6 Å². The number of nitrogens with one attached hydrogen (secondary N) is 2. The molecule has 4 bridgehead atoms. The van der Waals surface area contributed by atoms with E-state index < -0.39 is 5.54 Å². The molecule has 0 aromatic rings. The molecule has 5 nitrogen and oxygen atoms in total. The van der Waals surface area contributed by atoms with Gasteiger partial charge in [0.2, 0.25) is 0 Å². The van der Waals surface area contributed by atoms with Crippen molar-refractivity contribution in [2.75, 3.05) is 13.1 Å². The second-order valence-electron chi connectivity index (χ2n) is 9.71. The van der Waals surface area contributed by atoms with Gasteiger partial charge < -0.3 is 10.6 Å². The monoisotopic (exact) mass is 347 g/mol. The number of urea groups is 1. The minimum atomic E-state index is -0.763. The molecule has 1 unspecified atom stereocenters. The van der Waals surface area contributed by atoms with E-state index in [9.17, 15) is 9.59 Å². The summed E-state index contributed by atoms with van der Waals surface area (Å²) in [5.74, 6) is 2.75. The van der Waals surface area contributed by atoms with E-state index >= 15 is 0 Å². The first-order valence-corrected chi connectivity index (χ1v) is 10.2. The van der Waals surface area contributed by atoms with Gasteiger partial charge in [0.15, 0.2) is 0 Å². The smallest absolute Gasteiger partial charge is 0.324 e. The zero-order chi connectivity index (χ0) is 17.8. The van der Waals surface area contributed by atoms with Crippen molar-refractivity contribution in [3.05, 3.63) is 0 Å². The van der Waals surface area contributed by atoms with E-state index in [1.54, 1.807) is 13.8 Å². The topological polar surface area (TPSA) is 61.4 Å². The van der Waals surface area contributed by atoms with Crippen LogP contribution in [0.25, 0.3) is 0 Å². The summed E-state index contributed by atoms with van der Waals surface area (Å²) in [5.41, 5.74) is -0.290. The highest BCUT2D eigenvalue weighted by Crippen LogP contribution is 2.61. The third-order valence-electron chi connectivity index (χ3n) is 7.40. The Morgan fingerprint density at radius 3 is 2.12 bits per heavy atom. The molecule has 5 rings (SSSR count). The highest BCUT2D eigenvalue weighted by Gasteiger charge is 2.53. The minimum Gasteiger partial charge on any atom is -0.324 e. The van der Waals surface area contributed by atoms with Gasteiger partial charge >= 0.3 is 6.03 Å². The molecule has 1 atom stereocenters. The van der Waals surface area contributed by atoms with Crippen LogP contribution >= 0.6 is 0 Å². The highest BCUT2D eigenvalue weighted by molar-refractivity contribution is 6.06. The average Bonchev–Trinajstić information content (AvgIpc) is 2.71. The van der Waals surface area contributed by atoms with Crippen molar-refractivity contribution in [3.8, 4) is 0 Å². The van der Waals surface area contributed by atoms with Gasteiger partial charge in [0.1, 0.15) is 5.54 Å². The van der Waals surface area contributed by atoms with Crippen LogP contribution in [-0.2, 0) is 4.79 Å². The maximum Gasteiger partial charge on any atom is 0.325 e. The van der Waals surface area contributed by atoms with Crippen LogP contribution in [0.2, 0.25) is 0 Å². The Kier molecular flexibility index (Phi) is 4.13. The summed E-state index contributed by atoms with van der Waals surface area (Å²) in [6, 6.07) is 0.273. The molecule has 0 aromatic heterocycles. The van der Waals surface area contributed by atoms with Crippen LogP contribution in [0.5, 0.6) is 0 Å². The first-order chi connectivity index (χ1) is 11.8. The van der Waals surface area contributed by atoms with E-state index in [1.807, 2.05) is 0 Å². The molecule has 2 N–H and O–H groups in total. The number of rotatable bonds is 6. The van der Waals surface area contributed by atoms with Gasteiger partial charge in [-0.1, -0.05) is 6.92 Å². The molecular weight excluding hydrogens is 314 g/mol. The van der Waals surface area contributed by atoms with Crippen molar-refractivity contribution < 1.29 is 9.59 Å². The lowest BCUT2D eigenvalue weighted by Gasteiger charge is -2.59. The number of nitrogens with zero attached hydrogens (tertiary/aromatic N) is 1. The van der Waals surface area contributed by atoms with Crippen molar-refractivity contribution in [2.45, 2.75) is 77.3 Å². The molecular formula is C20H33N3O2. The van der Waals surface area contributed by atoms with Crippen molar-refractivity contribution >= 4 is 11.9 Å². The molecule has 5 fully saturated rings. The maximum absolute atomic E-state index is 12.3. The Labute approximate surface area is 151 Å². The number of hydrogen-bond acceptors (Lipinski definition) is 3. The molecule has 4 aliphatic carbocycles. The summed E-state index contributed by atoms with van der Waals surface area (Å²) in [7, 11) is 0. The third kappa shape index (κ3) is 2.88. The highest BCUT2D eigenvalue weighted by atomic mass is 16.2. The Morgan fingerprint density at radius 1 is 1.12 bits per heavy atom. The standard InChI is InChI=1S/C20H33N3O2/c1-4-16(20-10-13-7-14(11-20)9-15(8-13)12-20)21-5-6-23-17(24)19(2,3)22-18(23)25/h13-16,21H,4-12H2,1-3H3,(H,22,25). The van der Waals surface area contributed by atoms with Crippen molar-refractivity contribution in [1.29, 1.82) is 0 Å². The summed E-state index contributed by atoms with van der Waals surface area (Å²) >= 11 is 0. The Balaban J connectivity index is 1.37.